The quantitative estimate of drug-likeness (QED) is 0.174. The van der Waals surface area contributed by atoms with Crippen LogP contribution in [0.15, 0.2) is 140 Å². The minimum absolute atomic E-state index is 0.594. The average Bonchev–Trinajstić information content (AvgIpc) is 3.53. The van der Waals surface area contributed by atoms with E-state index in [2.05, 4.69) is 122 Å². The van der Waals surface area contributed by atoms with Crippen molar-refractivity contribution in [1.29, 1.82) is 15.8 Å². The smallest absolute Gasteiger partial charge is 0.0991 e. The number of rotatable bonds is 3. The third-order valence-corrected chi connectivity index (χ3v) is 11.3. The molecule has 0 N–H and O–H groups in total. The lowest BCUT2D eigenvalue weighted by atomic mass is 9.84. The summed E-state index contributed by atoms with van der Waals surface area (Å²) in [6.07, 6.45) is 0. The van der Waals surface area contributed by atoms with Crippen LogP contribution in [-0.4, -0.2) is 0 Å². The Kier molecular flexibility index (Phi) is 6.81. The summed E-state index contributed by atoms with van der Waals surface area (Å²) in [7, 11) is 0. The molecule has 3 nitrogen and oxygen atoms in total. The van der Waals surface area contributed by atoms with Gasteiger partial charge in [0, 0.05) is 0 Å². The summed E-state index contributed by atoms with van der Waals surface area (Å²) in [5.41, 5.74) is 15.4. The summed E-state index contributed by atoms with van der Waals surface area (Å²) in [5.74, 6) is 0. The van der Waals surface area contributed by atoms with Crippen molar-refractivity contribution in [3.63, 3.8) is 0 Å². The van der Waals surface area contributed by atoms with Crippen LogP contribution >= 0.6 is 0 Å². The van der Waals surface area contributed by atoms with E-state index in [9.17, 15) is 15.8 Å². The third kappa shape index (κ3) is 4.52. The molecule has 1 aliphatic carbocycles. The molecule has 0 aromatic heterocycles. The Morgan fingerprint density at radius 1 is 0.315 bits per heavy atom. The van der Waals surface area contributed by atoms with E-state index in [0.29, 0.717) is 16.7 Å². The van der Waals surface area contributed by atoms with E-state index in [1.807, 2.05) is 49.4 Å². The number of hydrogen-bond acceptors (Lipinski definition) is 3. The second-order valence-electron chi connectivity index (χ2n) is 14.3. The molecule has 9 aromatic rings. The molecular weight excluding hydrogens is 655 g/mol. The van der Waals surface area contributed by atoms with Gasteiger partial charge in [0.15, 0.2) is 0 Å². The van der Waals surface area contributed by atoms with E-state index < -0.39 is 0 Å². The molecule has 54 heavy (non-hydrogen) atoms. The molecular formula is C51H29N3. The molecule has 1 aliphatic rings. The van der Waals surface area contributed by atoms with Gasteiger partial charge in [0.2, 0.25) is 0 Å². The summed E-state index contributed by atoms with van der Waals surface area (Å²) >= 11 is 0. The second kappa shape index (κ2) is 11.8. The van der Waals surface area contributed by atoms with E-state index in [0.717, 1.165) is 65.7 Å². The zero-order valence-electron chi connectivity index (χ0n) is 29.6. The molecule has 0 bridgehead atoms. The molecule has 0 aliphatic heterocycles. The highest BCUT2D eigenvalue weighted by Crippen LogP contribution is 2.53. The summed E-state index contributed by atoms with van der Waals surface area (Å²) < 4.78 is 0. The molecule has 9 aromatic carbocycles. The topological polar surface area (TPSA) is 71.4 Å². The van der Waals surface area contributed by atoms with Crippen LogP contribution in [0.1, 0.15) is 27.8 Å². The van der Waals surface area contributed by atoms with Gasteiger partial charge in [0.05, 0.1) is 34.9 Å². The van der Waals surface area contributed by atoms with Crippen LogP contribution in [0, 0.1) is 47.8 Å². The van der Waals surface area contributed by atoms with Gasteiger partial charge in [-0.15, -0.1) is 0 Å². The van der Waals surface area contributed by atoms with Crippen LogP contribution in [0.25, 0.3) is 98.7 Å². The fourth-order valence-electron chi connectivity index (χ4n) is 8.85. The van der Waals surface area contributed by atoms with E-state index in [1.54, 1.807) is 0 Å². The Bertz CT molecular complexity index is 3260. The van der Waals surface area contributed by atoms with E-state index in [-0.39, 0.29) is 0 Å². The molecule has 0 heterocycles. The molecule has 0 unspecified atom stereocenters. The van der Waals surface area contributed by atoms with Crippen LogP contribution in [0.2, 0.25) is 0 Å². The maximum absolute atomic E-state index is 10.0. The van der Waals surface area contributed by atoms with Crippen molar-refractivity contribution in [2.75, 3.05) is 0 Å². The maximum atomic E-state index is 10.0. The molecule has 10 rings (SSSR count). The van der Waals surface area contributed by atoms with E-state index >= 15 is 0 Å². The number of hydrogen-bond donors (Lipinski definition) is 0. The van der Waals surface area contributed by atoms with Gasteiger partial charge in [-0.25, -0.2) is 0 Å². The van der Waals surface area contributed by atoms with Crippen LogP contribution in [0.5, 0.6) is 0 Å². The number of fused-ring (bicyclic) bond motifs is 8. The first-order chi connectivity index (χ1) is 26.4. The van der Waals surface area contributed by atoms with E-state index in [1.165, 1.54) is 44.2 Å². The van der Waals surface area contributed by atoms with Crippen molar-refractivity contribution in [1.82, 2.24) is 0 Å². The lowest BCUT2D eigenvalue weighted by molar-refractivity contribution is 1.42. The Balaban J connectivity index is 1.36. The first-order valence-corrected chi connectivity index (χ1v) is 18.0. The SMILES string of the molecule is Cc1cc(C#N)ccc1-c1cc2c3cc4c(cc3c(-c3ccc(C#N)cc3C)cc2c2ccc(C#N)cc12)-c1cccc2c(-c3ccccc3)ccc-4c12. The first kappa shape index (κ1) is 31.2. The lowest BCUT2D eigenvalue weighted by Crippen LogP contribution is -1.93. The molecule has 0 spiro atoms. The van der Waals surface area contributed by atoms with Crippen LogP contribution in [-0.2, 0) is 0 Å². The fraction of sp³-hybridized carbons (Fsp3) is 0.0392. The normalized spacial score (nSPS) is 11.5. The molecule has 0 radical (unpaired) electrons. The van der Waals surface area contributed by atoms with Gasteiger partial charge in [0.25, 0.3) is 0 Å². The molecule has 0 atom stereocenters. The molecule has 0 saturated carbocycles. The molecule has 0 saturated heterocycles. The Morgan fingerprint density at radius 3 is 1.43 bits per heavy atom. The van der Waals surface area contributed by atoms with Crippen molar-refractivity contribution < 1.29 is 0 Å². The monoisotopic (exact) mass is 683 g/mol. The number of benzene rings is 9. The summed E-state index contributed by atoms with van der Waals surface area (Å²) in [6.45, 7) is 4.12. The molecule has 0 fully saturated rings. The van der Waals surface area contributed by atoms with Crippen LogP contribution in [0.4, 0.5) is 0 Å². The summed E-state index contributed by atoms with van der Waals surface area (Å²) in [5, 5.41) is 38.4. The predicted octanol–water partition coefficient (Wildman–Crippen LogP) is 13.2. The maximum Gasteiger partial charge on any atom is 0.0991 e. The number of nitrogens with zero attached hydrogens (tertiary/aromatic N) is 3. The van der Waals surface area contributed by atoms with Crippen molar-refractivity contribution in [3.05, 3.63) is 167 Å². The van der Waals surface area contributed by atoms with Gasteiger partial charge in [0.1, 0.15) is 0 Å². The van der Waals surface area contributed by atoms with Crippen LogP contribution in [0.3, 0.4) is 0 Å². The highest BCUT2D eigenvalue weighted by Gasteiger charge is 2.26. The van der Waals surface area contributed by atoms with Crippen molar-refractivity contribution in [2.24, 2.45) is 0 Å². The minimum atomic E-state index is 0.594. The van der Waals surface area contributed by atoms with Gasteiger partial charge in [-0.2, -0.15) is 15.8 Å². The Hall–Kier alpha value is -7.51. The molecule has 0 amide bonds. The summed E-state index contributed by atoms with van der Waals surface area (Å²) in [4.78, 5) is 0. The Labute approximate surface area is 312 Å². The zero-order chi connectivity index (χ0) is 36.7. The zero-order valence-corrected chi connectivity index (χ0v) is 29.6. The van der Waals surface area contributed by atoms with Crippen molar-refractivity contribution in [2.45, 2.75) is 13.8 Å². The van der Waals surface area contributed by atoms with Crippen LogP contribution < -0.4 is 0 Å². The van der Waals surface area contributed by atoms with Crippen molar-refractivity contribution >= 4 is 43.1 Å². The largest absolute Gasteiger partial charge is 0.192 e. The molecule has 248 valence electrons. The highest BCUT2D eigenvalue weighted by molar-refractivity contribution is 6.27. The van der Waals surface area contributed by atoms with Gasteiger partial charge < -0.3 is 0 Å². The predicted molar refractivity (Wildman–Crippen MR) is 221 cm³/mol. The minimum Gasteiger partial charge on any atom is -0.192 e. The standard InChI is InChI=1S/C51H29N3/c1-29-19-31(26-52)11-14-35(29)43-23-49-45(38-16-13-33(28-54)21-42(38)43)22-44(36-15-12-32(27-53)20-30(36)2)48-24-46-40-10-6-9-39-37(34-7-4-3-5-8-34)17-18-41(51(39)40)47(46)25-50(48)49/h3-25H,1-2H3. The number of nitriles is 3. The summed E-state index contributed by atoms with van der Waals surface area (Å²) in [6, 6.07) is 55.9. The average molecular weight is 684 g/mol. The fourth-order valence-corrected chi connectivity index (χ4v) is 8.85. The van der Waals surface area contributed by atoms with Gasteiger partial charge >= 0.3 is 0 Å². The van der Waals surface area contributed by atoms with Gasteiger partial charge in [-0.05, 0) is 184 Å². The highest BCUT2D eigenvalue weighted by atomic mass is 14.3. The third-order valence-electron chi connectivity index (χ3n) is 11.3. The van der Waals surface area contributed by atoms with E-state index in [4.69, 9.17) is 0 Å². The van der Waals surface area contributed by atoms with Gasteiger partial charge in [-0.3, -0.25) is 0 Å². The second-order valence-corrected chi connectivity index (χ2v) is 14.3. The lowest BCUT2D eigenvalue weighted by Gasteiger charge is -2.19. The van der Waals surface area contributed by atoms with Crippen molar-refractivity contribution in [3.8, 4) is 73.8 Å². The van der Waals surface area contributed by atoms with Gasteiger partial charge in [-0.1, -0.05) is 78.9 Å². The molecule has 3 heteroatoms. The Morgan fingerprint density at radius 2 is 0.796 bits per heavy atom. The number of aryl methyl sites for hydroxylation is 2. The first-order valence-electron chi connectivity index (χ1n) is 18.0.